The van der Waals surface area contributed by atoms with E-state index in [0.29, 0.717) is 11.6 Å². The SMILES string of the molecule is COc1ccccc1-c1nnc(SCc2ncc(-c3ccccc3)o2)n1CCc1ccccc1. The van der Waals surface area contributed by atoms with Gasteiger partial charge in [0.05, 0.1) is 24.6 Å². The van der Waals surface area contributed by atoms with Crippen molar-refractivity contribution >= 4 is 11.8 Å². The zero-order chi connectivity index (χ0) is 23.2. The first kappa shape index (κ1) is 22.0. The van der Waals surface area contributed by atoms with Gasteiger partial charge in [-0.15, -0.1) is 10.2 Å². The fourth-order valence-electron chi connectivity index (χ4n) is 3.75. The van der Waals surface area contributed by atoms with Crippen LogP contribution in [0, 0.1) is 0 Å². The van der Waals surface area contributed by atoms with Gasteiger partial charge in [-0.05, 0) is 24.1 Å². The normalized spacial score (nSPS) is 11.0. The Bertz CT molecular complexity index is 1350. The van der Waals surface area contributed by atoms with Crippen LogP contribution in [0.2, 0.25) is 0 Å². The Balaban J connectivity index is 1.40. The average molecular weight is 469 g/mol. The van der Waals surface area contributed by atoms with Gasteiger partial charge in [0, 0.05) is 12.1 Å². The summed E-state index contributed by atoms with van der Waals surface area (Å²) in [6.45, 7) is 0.744. The van der Waals surface area contributed by atoms with Gasteiger partial charge in [0.2, 0.25) is 5.89 Å². The lowest BCUT2D eigenvalue weighted by molar-refractivity contribution is 0.415. The molecule has 2 aromatic heterocycles. The van der Waals surface area contributed by atoms with Crippen LogP contribution in [-0.4, -0.2) is 26.9 Å². The molecule has 0 saturated heterocycles. The number of benzene rings is 3. The number of ether oxygens (including phenoxy) is 1. The Kier molecular flexibility index (Phi) is 6.72. The lowest BCUT2D eigenvalue weighted by Gasteiger charge is -2.12. The molecule has 0 atom stereocenters. The van der Waals surface area contributed by atoms with Gasteiger partial charge in [-0.2, -0.15) is 0 Å². The van der Waals surface area contributed by atoms with Crippen LogP contribution >= 0.6 is 11.8 Å². The monoisotopic (exact) mass is 468 g/mol. The number of hydrogen-bond donors (Lipinski definition) is 0. The van der Waals surface area contributed by atoms with Crippen LogP contribution in [0.25, 0.3) is 22.7 Å². The van der Waals surface area contributed by atoms with Gasteiger partial charge in [0.25, 0.3) is 0 Å². The van der Waals surface area contributed by atoms with E-state index in [2.05, 4.69) is 44.0 Å². The van der Waals surface area contributed by atoms with E-state index in [0.717, 1.165) is 46.6 Å². The summed E-state index contributed by atoms with van der Waals surface area (Å²) < 4.78 is 13.7. The van der Waals surface area contributed by atoms with Crippen molar-refractivity contribution in [1.29, 1.82) is 0 Å². The molecule has 0 unspecified atom stereocenters. The number of thioether (sulfide) groups is 1. The van der Waals surface area contributed by atoms with Crippen LogP contribution in [0.1, 0.15) is 11.5 Å². The number of para-hydroxylation sites is 1. The molecule has 6 nitrogen and oxygen atoms in total. The predicted octanol–water partition coefficient (Wildman–Crippen LogP) is 6.14. The summed E-state index contributed by atoms with van der Waals surface area (Å²) in [4.78, 5) is 4.46. The molecule has 34 heavy (non-hydrogen) atoms. The van der Waals surface area contributed by atoms with E-state index >= 15 is 0 Å². The molecule has 0 bridgehead atoms. The van der Waals surface area contributed by atoms with E-state index in [1.54, 1.807) is 25.1 Å². The average Bonchev–Trinajstić information content (AvgIpc) is 3.54. The first-order chi connectivity index (χ1) is 16.8. The maximum atomic E-state index is 5.98. The molecule has 0 aliphatic carbocycles. The number of methoxy groups -OCH3 is 1. The molecule has 0 aliphatic rings. The highest BCUT2D eigenvalue weighted by atomic mass is 32.2. The van der Waals surface area contributed by atoms with Crippen molar-refractivity contribution in [1.82, 2.24) is 19.7 Å². The van der Waals surface area contributed by atoms with Crippen molar-refractivity contribution in [3.05, 3.63) is 103 Å². The zero-order valence-corrected chi connectivity index (χ0v) is 19.6. The molecule has 0 spiro atoms. The summed E-state index contributed by atoms with van der Waals surface area (Å²) in [7, 11) is 1.67. The second kappa shape index (κ2) is 10.4. The number of oxazole rings is 1. The number of aromatic nitrogens is 4. The lowest BCUT2D eigenvalue weighted by Crippen LogP contribution is -2.06. The van der Waals surface area contributed by atoms with Gasteiger partial charge in [0.15, 0.2) is 16.7 Å². The van der Waals surface area contributed by atoms with E-state index in [9.17, 15) is 0 Å². The maximum Gasteiger partial charge on any atom is 0.205 e. The molecule has 5 rings (SSSR count). The largest absolute Gasteiger partial charge is 0.496 e. The predicted molar refractivity (Wildman–Crippen MR) is 134 cm³/mol. The number of aryl methyl sites for hydroxylation is 1. The van der Waals surface area contributed by atoms with Crippen molar-refractivity contribution < 1.29 is 9.15 Å². The fourth-order valence-corrected chi connectivity index (χ4v) is 4.57. The summed E-state index contributed by atoms with van der Waals surface area (Å²) in [6.07, 6.45) is 2.64. The number of hydrogen-bond acceptors (Lipinski definition) is 6. The Morgan fingerprint density at radius 1 is 0.882 bits per heavy atom. The highest BCUT2D eigenvalue weighted by Crippen LogP contribution is 2.32. The van der Waals surface area contributed by atoms with Crippen molar-refractivity contribution in [3.8, 4) is 28.5 Å². The summed E-state index contributed by atoms with van der Waals surface area (Å²) in [5.74, 6) is 3.53. The first-order valence-electron chi connectivity index (χ1n) is 11.1. The molecule has 170 valence electrons. The Labute approximate surface area is 202 Å². The van der Waals surface area contributed by atoms with Crippen LogP contribution in [0.3, 0.4) is 0 Å². The van der Waals surface area contributed by atoms with Crippen LogP contribution in [-0.2, 0) is 18.7 Å². The zero-order valence-electron chi connectivity index (χ0n) is 18.8. The summed E-state index contributed by atoms with van der Waals surface area (Å²) >= 11 is 1.57. The third-order valence-corrected chi connectivity index (χ3v) is 6.42. The highest BCUT2D eigenvalue weighted by Gasteiger charge is 2.18. The Morgan fingerprint density at radius 2 is 1.62 bits per heavy atom. The standard InChI is InChI=1S/C27H24N4O2S/c1-32-23-15-9-8-14-22(23)26-29-30-27(31(26)17-16-20-10-4-2-5-11-20)34-19-25-28-18-24(33-25)21-12-6-3-7-13-21/h2-15,18H,16-17,19H2,1H3. The molecule has 0 aliphatic heterocycles. The Hall–Kier alpha value is -3.84. The molecule has 0 saturated carbocycles. The molecular weight excluding hydrogens is 444 g/mol. The van der Waals surface area contributed by atoms with E-state index < -0.39 is 0 Å². The molecule has 5 aromatic rings. The second-order valence-corrected chi connectivity index (χ2v) is 8.61. The third kappa shape index (κ3) is 4.89. The van der Waals surface area contributed by atoms with Crippen LogP contribution < -0.4 is 4.74 Å². The van der Waals surface area contributed by atoms with Crippen molar-refractivity contribution in [2.45, 2.75) is 23.9 Å². The van der Waals surface area contributed by atoms with Gasteiger partial charge in [-0.1, -0.05) is 84.6 Å². The quantitative estimate of drug-likeness (QED) is 0.242. The molecular formula is C27H24N4O2S. The molecule has 0 fully saturated rings. The van der Waals surface area contributed by atoms with Crippen molar-refractivity contribution in [2.24, 2.45) is 0 Å². The molecule has 3 aromatic carbocycles. The topological polar surface area (TPSA) is 66.0 Å². The van der Waals surface area contributed by atoms with Crippen LogP contribution in [0.15, 0.2) is 101 Å². The van der Waals surface area contributed by atoms with E-state index in [1.165, 1.54) is 5.56 Å². The first-order valence-corrected chi connectivity index (χ1v) is 12.0. The van der Waals surface area contributed by atoms with Gasteiger partial charge < -0.3 is 13.7 Å². The van der Waals surface area contributed by atoms with Gasteiger partial charge in [-0.3, -0.25) is 0 Å². The molecule has 0 amide bonds. The summed E-state index contributed by atoms with van der Waals surface area (Å²) in [6, 6.07) is 28.3. The Morgan fingerprint density at radius 3 is 2.41 bits per heavy atom. The smallest absolute Gasteiger partial charge is 0.205 e. The van der Waals surface area contributed by atoms with Crippen LogP contribution in [0.4, 0.5) is 0 Å². The maximum absolute atomic E-state index is 5.98. The van der Waals surface area contributed by atoms with Crippen molar-refractivity contribution in [2.75, 3.05) is 7.11 Å². The van der Waals surface area contributed by atoms with Gasteiger partial charge >= 0.3 is 0 Å². The van der Waals surface area contributed by atoms with Crippen LogP contribution in [0.5, 0.6) is 5.75 Å². The molecule has 7 heteroatoms. The second-order valence-electron chi connectivity index (χ2n) is 7.67. The fraction of sp³-hybridized carbons (Fsp3) is 0.148. The minimum atomic E-state index is 0.558. The molecule has 2 heterocycles. The number of nitrogens with zero attached hydrogens (tertiary/aromatic N) is 4. The third-order valence-electron chi connectivity index (χ3n) is 5.47. The lowest BCUT2D eigenvalue weighted by atomic mass is 10.1. The van der Waals surface area contributed by atoms with Gasteiger partial charge in [-0.25, -0.2) is 4.98 Å². The van der Waals surface area contributed by atoms with E-state index in [1.807, 2.05) is 60.7 Å². The van der Waals surface area contributed by atoms with E-state index in [-0.39, 0.29) is 0 Å². The minimum Gasteiger partial charge on any atom is -0.496 e. The van der Waals surface area contributed by atoms with E-state index in [4.69, 9.17) is 9.15 Å². The highest BCUT2D eigenvalue weighted by molar-refractivity contribution is 7.98. The molecule has 0 radical (unpaired) electrons. The minimum absolute atomic E-state index is 0.558. The number of rotatable bonds is 9. The molecule has 0 N–H and O–H groups in total. The van der Waals surface area contributed by atoms with Crippen molar-refractivity contribution in [3.63, 3.8) is 0 Å². The van der Waals surface area contributed by atoms with Gasteiger partial charge in [0.1, 0.15) is 5.75 Å². The summed E-state index contributed by atoms with van der Waals surface area (Å²) in [5, 5.41) is 9.86. The summed E-state index contributed by atoms with van der Waals surface area (Å²) in [5.41, 5.74) is 3.19.